The molecule has 3 rings (SSSR count). The molecule has 0 amide bonds. The Balaban J connectivity index is 1.78. The van der Waals surface area contributed by atoms with Crippen LogP contribution in [0.15, 0.2) is 79.0 Å². The Labute approximate surface area is 138 Å². The summed E-state index contributed by atoms with van der Waals surface area (Å²) < 4.78 is 10.5. The van der Waals surface area contributed by atoms with Gasteiger partial charge in [-0.3, -0.25) is 0 Å². The van der Waals surface area contributed by atoms with Crippen LogP contribution in [0.1, 0.15) is 20.7 Å². The molecule has 2 aromatic carbocycles. The highest BCUT2D eigenvalue weighted by Gasteiger charge is 2.16. The number of hydrogen-bond acceptors (Lipinski definition) is 5. The summed E-state index contributed by atoms with van der Waals surface area (Å²) in [5, 5.41) is 0. The van der Waals surface area contributed by atoms with Crippen molar-refractivity contribution in [3.63, 3.8) is 0 Å². The zero-order valence-corrected chi connectivity index (χ0v) is 12.6. The van der Waals surface area contributed by atoms with Gasteiger partial charge in [-0.1, -0.05) is 36.4 Å². The van der Waals surface area contributed by atoms with E-state index in [1.54, 1.807) is 66.7 Å². The van der Waals surface area contributed by atoms with Crippen LogP contribution in [0.25, 0.3) is 0 Å². The molecule has 1 aromatic heterocycles. The summed E-state index contributed by atoms with van der Waals surface area (Å²) in [6, 6.07) is 20.1. The first kappa shape index (κ1) is 15.4. The molecule has 0 bridgehead atoms. The molecule has 0 fully saturated rings. The summed E-state index contributed by atoms with van der Waals surface area (Å²) in [7, 11) is 0. The van der Waals surface area contributed by atoms with Crippen LogP contribution in [0.4, 0.5) is 0 Å². The van der Waals surface area contributed by atoms with E-state index in [0.717, 1.165) is 0 Å². The van der Waals surface area contributed by atoms with Gasteiger partial charge < -0.3 is 9.47 Å². The van der Waals surface area contributed by atoms with Crippen LogP contribution in [-0.4, -0.2) is 16.9 Å². The van der Waals surface area contributed by atoms with E-state index in [2.05, 4.69) is 4.98 Å². The number of pyridine rings is 1. The number of carbonyl (C=O) groups is 2. The molecular weight excluding hydrogens is 306 g/mol. The summed E-state index contributed by atoms with van der Waals surface area (Å²) in [6.45, 7) is 0. The number of nitrogens with zero attached hydrogens (tertiary/aromatic N) is 1. The first-order chi connectivity index (χ1) is 11.7. The quantitative estimate of drug-likeness (QED) is 0.688. The van der Waals surface area contributed by atoms with Crippen LogP contribution in [0.3, 0.4) is 0 Å². The average molecular weight is 319 g/mol. The Morgan fingerprint density at radius 2 is 1.21 bits per heavy atom. The molecule has 0 saturated heterocycles. The monoisotopic (exact) mass is 319 g/mol. The van der Waals surface area contributed by atoms with Crippen LogP contribution in [0.5, 0.6) is 11.6 Å². The zero-order chi connectivity index (χ0) is 16.8. The predicted molar refractivity (Wildman–Crippen MR) is 87.0 cm³/mol. The molecule has 0 aliphatic carbocycles. The van der Waals surface area contributed by atoms with E-state index in [4.69, 9.17) is 9.47 Å². The molecule has 5 nitrogen and oxygen atoms in total. The predicted octanol–water partition coefficient (Wildman–Crippen LogP) is 3.52. The molecule has 3 aromatic rings. The van der Waals surface area contributed by atoms with Crippen LogP contribution >= 0.6 is 0 Å². The fourth-order valence-corrected chi connectivity index (χ4v) is 1.98. The molecule has 5 heteroatoms. The van der Waals surface area contributed by atoms with Crippen molar-refractivity contribution in [1.82, 2.24) is 4.98 Å². The molecule has 0 aliphatic heterocycles. The van der Waals surface area contributed by atoms with Crippen molar-refractivity contribution in [3.05, 3.63) is 90.1 Å². The van der Waals surface area contributed by atoms with Crippen LogP contribution < -0.4 is 9.47 Å². The third kappa shape index (κ3) is 3.64. The van der Waals surface area contributed by atoms with Crippen molar-refractivity contribution in [2.75, 3.05) is 0 Å². The molecule has 24 heavy (non-hydrogen) atoms. The number of rotatable bonds is 4. The van der Waals surface area contributed by atoms with Gasteiger partial charge >= 0.3 is 11.9 Å². The SMILES string of the molecule is O=C(Oc1cccnc1OC(=O)c1ccccc1)c1ccccc1. The Morgan fingerprint density at radius 3 is 1.79 bits per heavy atom. The number of esters is 2. The molecule has 0 atom stereocenters. The molecule has 118 valence electrons. The van der Waals surface area contributed by atoms with Gasteiger partial charge in [-0.25, -0.2) is 14.6 Å². The highest BCUT2D eigenvalue weighted by atomic mass is 16.6. The van der Waals surface area contributed by atoms with E-state index in [1.807, 2.05) is 0 Å². The maximum absolute atomic E-state index is 12.1. The van der Waals surface area contributed by atoms with Gasteiger partial charge in [-0.05, 0) is 36.4 Å². The minimum atomic E-state index is -0.577. The molecule has 0 saturated carbocycles. The second kappa shape index (κ2) is 7.19. The van der Waals surface area contributed by atoms with Crippen LogP contribution in [0.2, 0.25) is 0 Å². The molecule has 0 spiro atoms. The fourth-order valence-electron chi connectivity index (χ4n) is 1.98. The highest BCUT2D eigenvalue weighted by molar-refractivity contribution is 5.92. The van der Waals surface area contributed by atoms with Gasteiger partial charge in [0.2, 0.25) is 0 Å². The number of hydrogen-bond donors (Lipinski definition) is 0. The Bertz CT molecular complexity index is 775. The summed E-state index contributed by atoms with van der Waals surface area (Å²) in [5.74, 6) is -1.11. The fraction of sp³-hybridized carbons (Fsp3) is 0. The molecular formula is C19H13NO4. The number of benzene rings is 2. The second-order valence-corrected chi connectivity index (χ2v) is 4.82. The first-order valence-corrected chi connectivity index (χ1v) is 7.23. The maximum Gasteiger partial charge on any atom is 0.344 e. The van der Waals surface area contributed by atoms with E-state index >= 15 is 0 Å². The van der Waals surface area contributed by atoms with Gasteiger partial charge in [0.05, 0.1) is 11.1 Å². The smallest absolute Gasteiger partial charge is 0.344 e. The number of ether oxygens (including phenoxy) is 2. The minimum absolute atomic E-state index is 0.0596. The van der Waals surface area contributed by atoms with Crippen molar-refractivity contribution >= 4 is 11.9 Å². The largest absolute Gasteiger partial charge is 0.417 e. The van der Waals surface area contributed by atoms with E-state index in [-0.39, 0.29) is 11.6 Å². The summed E-state index contributed by atoms with van der Waals surface area (Å²) in [5.41, 5.74) is 0.769. The van der Waals surface area contributed by atoms with Crippen LogP contribution in [0, 0.1) is 0 Å². The molecule has 0 radical (unpaired) electrons. The first-order valence-electron chi connectivity index (χ1n) is 7.23. The van der Waals surface area contributed by atoms with E-state index in [0.29, 0.717) is 11.1 Å². The third-order valence-corrected chi connectivity index (χ3v) is 3.15. The standard InChI is InChI=1S/C19H13NO4/c21-18(14-8-3-1-4-9-14)23-16-12-7-13-20-17(16)24-19(22)15-10-5-2-6-11-15/h1-13H. The molecule has 0 N–H and O–H groups in total. The number of aromatic nitrogens is 1. The molecule has 0 unspecified atom stereocenters. The topological polar surface area (TPSA) is 65.5 Å². The summed E-state index contributed by atoms with van der Waals surface area (Å²) in [6.07, 6.45) is 1.45. The normalized spacial score (nSPS) is 10.0. The van der Waals surface area contributed by atoms with Gasteiger partial charge in [0, 0.05) is 6.20 Å². The third-order valence-electron chi connectivity index (χ3n) is 3.15. The highest BCUT2D eigenvalue weighted by Crippen LogP contribution is 2.25. The molecule has 0 aliphatic rings. The Hall–Kier alpha value is -3.47. The minimum Gasteiger partial charge on any atom is -0.417 e. The van der Waals surface area contributed by atoms with Gasteiger partial charge in [-0.2, -0.15) is 0 Å². The van der Waals surface area contributed by atoms with E-state index in [1.165, 1.54) is 12.3 Å². The zero-order valence-electron chi connectivity index (χ0n) is 12.6. The maximum atomic E-state index is 12.1. The summed E-state index contributed by atoms with van der Waals surface area (Å²) >= 11 is 0. The Morgan fingerprint density at radius 1 is 0.667 bits per heavy atom. The summed E-state index contributed by atoms with van der Waals surface area (Å²) in [4.78, 5) is 28.2. The van der Waals surface area contributed by atoms with Gasteiger partial charge in [-0.15, -0.1) is 0 Å². The van der Waals surface area contributed by atoms with Crippen molar-refractivity contribution in [2.24, 2.45) is 0 Å². The van der Waals surface area contributed by atoms with E-state index < -0.39 is 11.9 Å². The molecule has 1 heterocycles. The lowest BCUT2D eigenvalue weighted by Gasteiger charge is -2.09. The lowest BCUT2D eigenvalue weighted by atomic mass is 10.2. The lowest BCUT2D eigenvalue weighted by molar-refractivity contribution is 0.0675. The van der Waals surface area contributed by atoms with Crippen molar-refractivity contribution in [3.8, 4) is 11.6 Å². The van der Waals surface area contributed by atoms with Crippen molar-refractivity contribution in [1.29, 1.82) is 0 Å². The van der Waals surface area contributed by atoms with Crippen molar-refractivity contribution < 1.29 is 19.1 Å². The lowest BCUT2D eigenvalue weighted by Crippen LogP contribution is -2.13. The van der Waals surface area contributed by atoms with Gasteiger partial charge in [0.1, 0.15) is 0 Å². The van der Waals surface area contributed by atoms with Gasteiger partial charge in [0.15, 0.2) is 5.75 Å². The van der Waals surface area contributed by atoms with Crippen LogP contribution in [-0.2, 0) is 0 Å². The van der Waals surface area contributed by atoms with E-state index in [9.17, 15) is 9.59 Å². The Kier molecular flexibility index (Phi) is 4.62. The van der Waals surface area contributed by atoms with Gasteiger partial charge in [0.25, 0.3) is 5.88 Å². The second-order valence-electron chi connectivity index (χ2n) is 4.82. The van der Waals surface area contributed by atoms with Crippen molar-refractivity contribution in [2.45, 2.75) is 0 Å². The number of carbonyl (C=O) groups excluding carboxylic acids is 2. The average Bonchev–Trinajstić information content (AvgIpc) is 2.64.